The van der Waals surface area contributed by atoms with Crippen molar-refractivity contribution in [1.29, 1.82) is 0 Å². The van der Waals surface area contributed by atoms with Crippen LogP contribution in [0.1, 0.15) is 44.7 Å². The minimum Gasteiger partial charge on any atom is -0.454 e. The van der Waals surface area contributed by atoms with Gasteiger partial charge in [-0.15, -0.1) is 0 Å². The Morgan fingerprint density at radius 2 is 0.909 bits per heavy atom. The lowest BCUT2D eigenvalue weighted by molar-refractivity contribution is 0.595. The van der Waals surface area contributed by atoms with Gasteiger partial charge in [0.2, 0.25) is 0 Å². The van der Waals surface area contributed by atoms with E-state index in [0.717, 1.165) is 106 Å². The van der Waals surface area contributed by atoms with Crippen molar-refractivity contribution in [3.8, 4) is 44.5 Å². The molecule has 0 N–H and O–H groups in total. The largest absolute Gasteiger partial charge is 0.454 e. The van der Waals surface area contributed by atoms with Crippen LogP contribution in [0.3, 0.4) is 0 Å². The molecular weight excluding hydrogens is 1070 g/mol. The number of rotatable bonds is 10. The van der Waals surface area contributed by atoms with E-state index in [9.17, 15) is 0 Å². The van der Waals surface area contributed by atoms with Gasteiger partial charge in [0.15, 0.2) is 11.3 Å². The van der Waals surface area contributed by atoms with Gasteiger partial charge in [0, 0.05) is 55.6 Å². The number of anilines is 5. The number of aryl methyl sites for hydroxylation is 3. The van der Waals surface area contributed by atoms with Crippen molar-refractivity contribution in [1.82, 2.24) is 0 Å². The quantitative estimate of drug-likeness (QED) is 0.128. The first-order valence-corrected chi connectivity index (χ1v) is 30.3. The smallest absolute Gasteiger partial charge is 0.159 e. The minimum atomic E-state index is -0.635. The number of benzene rings is 13. The van der Waals surface area contributed by atoms with Gasteiger partial charge in [0.1, 0.15) is 11.2 Å². The Morgan fingerprint density at radius 3 is 1.58 bits per heavy atom. The van der Waals surface area contributed by atoms with Gasteiger partial charge in [-0.2, -0.15) is 0 Å². The molecule has 2 aromatic heterocycles. The van der Waals surface area contributed by atoms with E-state index in [2.05, 4.69) is 316 Å². The van der Waals surface area contributed by atoms with Crippen molar-refractivity contribution in [2.45, 2.75) is 26.2 Å². The molecule has 15 aromatic rings. The fourth-order valence-corrected chi connectivity index (χ4v) is 15.0. The van der Waals surface area contributed by atoms with Gasteiger partial charge in [0.05, 0.1) is 16.8 Å². The van der Waals surface area contributed by atoms with Crippen LogP contribution >= 0.6 is 0 Å². The van der Waals surface area contributed by atoms with Gasteiger partial charge < -0.3 is 18.6 Å². The summed E-state index contributed by atoms with van der Waals surface area (Å²) in [6.07, 6.45) is 3.96. The zero-order valence-corrected chi connectivity index (χ0v) is 49.1. The molecule has 0 aliphatic heterocycles. The van der Waals surface area contributed by atoms with E-state index in [0.29, 0.717) is 0 Å². The van der Waals surface area contributed by atoms with Gasteiger partial charge in [-0.1, -0.05) is 219 Å². The van der Waals surface area contributed by atoms with Crippen molar-refractivity contribution in [2.24, 2.45) is 0 Å². The molecular formula is C84H58N2O2. The molecule has 0 saturated carbocycles. The van der Waals surface area contributed by atoms with Gasteiger partial charge in [-0.3, -0.25) is 0 Å². The summed E-state index contributed by atoms with van der Waals surface area (Å²) in [5.41, 5.74) is 26.1. The summed E-state index contributed by atoms with van der Waals surface area (Å²) in [5, 5.41) is 7.94. The van der Waals surface area contributed by atoms with E-state index in [4.69, 9.17) is 8.83 Å². The number of hydrogen-bond donors (Lipinski definition) is 0. The van der Waals surface area contributed by atoms with Crippen molar-refractivity contribution in [3.63, 3.8) is 0 Å². The highest BCUT2D eigenvalue weighted by molar-refractivity contribution is 6.14. The lowest BCUT2D eigenvalue weighted by Gasteiger charge is -2.32. The summed E-state index contributed by atoms with van der Waals surface area (Å²) in [4.78, 5) is 4.70. The van der Waals surface area contributed by atoms with Crippen molar-refractivity contribution < 1.29 is 8.83 Å². The second kappa shape index (κ2) is 20.0. The number of fused-ring (bicyclic) bond motifs is 17. The summed E-state index contributed by atoms with van der Waals surface area (Å²) in [6, 6.07) is 100.0. The molecule has 2 aliphatic carbocycles. The van der Waals surface area contributed by atoms with E-state index < -0.39 is 5.41 Å². The van der Waals surface area contributed by atoms with Crippen LogP contribution in [-0.2, 0) is 5.41 Å². The summed E-state index contributed by atoms with van der Waals surface area (Å²) in [7, 11) is 0. The topological polar surface area (TPSA) is 32.8 Å². The fourth-order valence-electron chi connectivity index (χ4n) is 15.0. The predicted octanol–water partition coefficient (Wildman–Crippen LogP) is 23.1. The van der Waals surface area contributed by atoms with Crippen LogP contribution < -0.4 is 9.80 Å². The third-order valence-corrected chi connectivity index (χ3v) is 18.9. The number of allylic oxidation sites excluding steroid dienone is 2. The molecule has 0 radical (unpaired) electrons. The first-order chi connectivity index (χ1) is 43.4. The second-order valence-electron chi connectivity index (χ2n) is 23.6. The molecule has 4 nitrogen and oxygen atoms in total. The van der Waals surface area contributed by atoms with Crippen LogP contribution in [0.25, 0.3) is 105 Å². The maximum Gasteiger partial charge on any atom is 0.159 e. The molecule has 88 heavy (non-hydrogen) atoms. The van der Waals surface area contributed by atoms with E-state index >= 15 is 0 Å². The van der Waals surface area contributed by atoms with Gasteiger partial charge in [0.25, 0.3) is 0 Å². The molecule has 0 atom stereocenters. The van der Waals surface area contributed by atoms with E-state index in [-0.39, 0.29) is 0 Å². The Kier molecular flexibility index (Phi) is 11.6. The number of para-hydroxylation sites is 5. The van der Waals surface area contributed by atoms with Crippen molar-refractivity contribution >= 4 is 88.6 Å². The van der Waals surface area contributed by atoms with Crippen LogP contribution in [0, 0.1) is 20.8 Å². The third-order valence-electron chi connectivity index (χ3n) is 18.9. The maximum absolute atomic E-state index is 7.17. The Labute approximate surface area is 511 Å². The Balaban J connectivity index is 0.853. The number of nitrogens with zero attached hydrogens (tertiary/aromatic N) is 2. The van der Waals surface area contributed by atoms with Crippen LogP contribution in [0.2, 0.25) is 0 Å². The second-order valence-corrected chi connectivity index (χ2v) is 23.6. The average molecular weight is 1130 g/mol. The SMILES string of the molecule is C=C/C=C(\c1oc2c(-c3ccccc3C)cccc2c1C)N(c1ccccc1)c1ccc2c3c(ccc2c1)-c1cc2ccc(N(c4ccccc4)c4cccc5c4oc4c(-c6ccccc6C)cccc45)cc2cc1C31c2ccccc2-c2ccccc21. The molecule has 0 unspecified atom stereocenters. The molecule has 2 aliphatic rings. The van der Waals surface area contributed by atoms with E-state index in [1.54, 1.807) is 0 Å². The first-order valence-electron chi connectivity index (χ1n) is 30.3. The lowest BCUT2D eigenvalue weighted by atomic mass is 9.69. The minimum absolute atomic E-state index is 0.635. The highest BCUT2D eigenvalue weighted by Gasteiger charge is 2.52. The van der Waals surface area contributed by atoms with Gasteiger partial charge in [-0.05, 0) is 182 Å². The zero-order valence-electron chi connectivity index (χ0n) is 49.1. The third kappa shape index (κ3) is 7.52. The van der Waals surface area contributed by atoms with Crippen LogP contribution in [0.4, 0.5) is 28.4 Å². The summed E-state index contributed by atoms with van der Waals surface area (Å²) < 4.78 is 14.3. The molecule has 4 heteroatoms. The van der Waals surface area contributed by atoms with Crippen molar-refractivity contribution in [3.05, 3.63) is 336 Å². The Morgan fingerprint density at radius 1 is 0.364 bits per heavy atom. The highest BCUT2D eigenvalue weighted by Crippen LogP contribution is 2.65. The first kappa shape index (κ1) is 51.2. The molecule has 416 valence electrons. The fraction of sp³-hybridized carbons (Fsp3) is 0.0476. The zero-order chi connectivity index (χ0) is 58.8. The number of furan rings is 2. The molecule has 0 saturated heterocycles. The lowest BCUT2D eigenvalue weighted by Crippen LogP contribution is -2.26. The van der Waals surface area contributed by atoms with Crippen LogP contribution in [-0.4, -0.2) is 0 Å². The molecule has 0 fully saturated rings. The molecule has 0 bridgehead atoms. The standard InChI is InChI=1S/C84H58N2O2/c1-5-23-77(80-54(4)64-34-20-35-69(81(64)87-80)62-30-14-12-24-52(62)2)85(58-26-8-6-9-27-58)61-45-47-65-56(48-61)43-46-68-73-50-55-42-44-60(49-57(55)51-76(73)84(79(65)68)74-39-18-16-32-66(74)67-33-17-19-40-75(67)84)86(59-28-10-7-11-29-59)78-41-22-38-72-71-37-21-36-70(82(71)88-83(72)78)63-31-15-13-25-53(63)3/h5-51H,1H2,2-4H3/b77-23+. The molecule has 0 amide bonds. The van der Waals surface area contributed by atoms with Crippen molar-refractivity contribution in [2.75, 3.05) is 9.80 Å². The molecule has 13 aromatic carbocycles. The molecule has 1 spiro atoms. The van der Waals surface area contributed by atoms with Gasteiger partial charge in [-0.25, -0.2) is 0 Å². The van der Waals surface area contributed by atoms with Crippen LogP contribution in [0.5, 0.6) is 0 Å². The number of hydrogen-bond acceptors (Lipinski definition) is 4. The summed E-state index contributed by atoms with van der Waals surface area (Å²) in [5.74, 6) is 0.795. The Bertz CT molecular complexity index is 5360. The maximum atomic E-state index is 7.17. The Hall–Kier alpha value is -11.2. The average Bonchev–Trinajstić information content (AvgIpc) is 1.51. The summed E-state index contributed by atoms with van der Waals surface area (Å²) >= 11 is 0. The van der Waals surface area contributed by atoms with E-state index in [1.807, 2.05) is 6.08 Å². The predicted molar refractivity (Wildman–Crippen MR) is 368 cm³/mol. The highest BCUT2D eigenvalue weighted by atomic mass is 16.3. The normalized spacial score (nSPS) is 12.9. The van der Waals surface area contributed by atoms with E-state index in [1.165, 1.54) is 72.0 Å². The van der Waals surface area contributed by atoms with Gasteiger partial charge >= 0.3 is 0 Å². The molecule has 17 rings (SSSR count). The monoisotopic (exact) mass is 1130 g/mol. The van der Waals surface area contributed by atoms with Crippen LogP contribution in [0.15, 0.2) is 301 Å². The summed E-state index contributed by atoms with van der Waals surface area (Å²) in [6.45, 7) is 10.8. The molecule has 2 heterocycles.